The van der Waals surface area contributed by atoms with Crippen molar-refractivity contribution in [3.8, 4) is 0 Å². The van der Waals surface area contributed by atoms with Crippen molar-refractivity contribution >= 4 is 10.0 Å². The van der Waals surface area contributed by atoms with Gasteiger partial charge in [-0.3, -0.25) is 0 Å². The van der Waals surface area contributed by atoms with Crippen LogP contribution in [0.5, 0.6) is 0 Å². The molecule has 5 nitrogen and oxygen atoms in total. The van der Waals surface area contributed by atoms with Crippen LogP contribution in [0.3, 0.4) is 0 Å². The monoisotopic (exact) mass is 289 g/mol. The number of aliphatic hydroxyl groups is 1. The lowest BCUT2D eigenvalue weighted by molar-refractivity contribution is 0.0314. The summed E-state index contributed by atoms with van der Waals surface area (Å²) in [6.07, 6.45) is 0.387. The third-order valence-electron chi connectivity index (χ3n) is 3.11. The number of aryl methyl sites for hydroxylation is 1. The molecule has 0 bridgehead atoms. The molecule has 1 heterocycles. The molecule has 1 aromatic rings. The molecule has 1 aromatic carbocycles. The van der Waals surface area contributed by atoms with E-state index >= 15 is 0 Å². The zero-order valence-electron chi connectivity index (χ0n) is 10.5. The van der Waals surface area contributed by atoms with Gasteiger partial charge in [0.25, 0.3) is 0 Å². The highest BCUT2D eigenvalue weighted by Crippen LogP contribution is 2.19. The summed E-state index contributed by atoms with van der Waals surface area (Å²) in [5.41, 5.74) is -0.909. The molecule has 2 rings (SSSR count). The van der Waals surface area contributed by atoms with Gasteiger partial charge in [-0.1, -0.05) is 0 Å². The van der Waals surface area contributed by atoms with Crippen molar-refractivity contribution in [3.63, 3.8) is 0 Å². The van der Waals surface area contributed by atoms with Gasteiger partial charge in [-0.15, -0.1) is 0 Å². The minimum absolute atomic E-state index is 0.0195. The van der Waals surface area contributed by atoms with Crippen LogP contribution in [-0.2, 0) is 14.8 Å². The van der Waals surface area contributed by atoms with Crippen LogP contribution >= 0.6 is 0 Å². The van der Waals surface area contributed by atoms with Gasteiger partial charge in [-0.2, -0.15) is 0 Å². The number of hydrogen-bond acceptors (Lipinski definition) is 4. The maximum absolute atomic E-state index is 13.1. The molecule has 0 aromatic heterocycles. The number of ether oxygens (including phenoxy) is 1. The average molecular weight is 289 g/mol. The summed E-state index contributed by atoms with van der Waals surface area (Å²) in [4.78, 5) is -0.0195. The molecule has 0 radical (unpaired) electrons. The van der Waals surface area contributed by atoms with E-state index in [2.05, 4.69) is 4.72 Å². The fourth-order valence-corrected chi connectivity index (χ4v) is 3.04. The molecule has 2 N–H and O–H groups in total. The van der Waals surface area contributed by atoms with E-state index in [-0.39, 0.29) is 23.6 Å². The standard InChI is InChI=1S/C12H16FNO4S/c1-9-6-10(2-3-11(9)13)19(16,17)14-7-12(15)4-5-18-8-12/h2-3,6,14-15H,4-5,7-8H2,1H3. The molecule has 19 heavy (non-hydrogen) atoms. The Bertz CT molecular complexity index is 567. The van der Waals surface area contributed by atoms with Gasteiger partial charge in [0.05, 0.1) is 11.5 Å². The topological polar surface area (TPSA) is 75.6 Å². The van der Waals surface area contributed by atoms with E-state index in [1.54, 1.807) is 0 Å². The fraction of sp³-hybridized carbons (Fsp3) is 0.500. The second-order valence-electron chi connectivity index (χ2n) is 4.76. The number of nitrogens with one attached hydrogen (secondary N) is 1. The van der Waals surface area contributed by atoms with E-state index in [0.717, 1.165) is 6.07 Å². The van der Waals surface area contributed by atoms with Crippen molar-refractivity contribution in [3.05, 3.63) is 29.6 Å². The summed E-state index contributed by atoms with van der Waals surface area (Å²) >= 11 is 0. The Labute approximate surface area is 111 Å². The predicted molar refractivity (Wildman–Crippen MR) is 66.7 cm³/mol. The van der Waals surface area contributed by atoms with E-state index in [9.17, 15) is 17.9 Å². The number of benzene rings is 1. The summed E-state index contributed by atoms with van der Waals surface area (Å²) < 4.78 is 44.5. The van der Waals surface area contributed by atoms with Gasteiger partial charge >= 0.3 is 0 Å². The van der Waals surface area contributed by atoms with E-state index in [1.807, 2.05) is 0 Å². The van der Waals surface area contributed by atoms with E-state index in [4.69, 9.17) is 4.74 Å². The molecule has 0 aliphatic carbocycles. The maximum atomic E-state index is 13.1. The average Bonchev–Trinajstić information content (AvgIpc) is 2.78. The van der Waals surface area contributed by atoms with Crippen molar-refractivity contribution in [1.82, 2.24) is 4.72 Å². The molecule has 1 aliphatic rings. The summed E-state index contributed by atoms with van der Waals surface area (Å²) in [5, 5.41) is 9.99. The second kappa shape index (κ2) is 5.16. The maximum Gasteiger partial charge on any atom is 0.240 e. The molecule has 106 valence electrons. The van der Waals surface area contributed by atoms with Crippen LogP contribution in [0.4, 0.5) is 4.39 Å². The van der Waals surface area contributed by atoms with E-state index in [1.165, 1.54) is 19.1 Å². The Hall–Kier alpha value is -1.02. The number of hydrogen-bond donors (Lipinski definition) is 2. The van der Waals surface area contributed by atoms with Crippen LogP contribution in [0.2, 0.25) is 0 Å². The van der Waals surface area contributed by atoms with Crippen molar-refractivity contribution < 1.29 is 22.7 Å². The third-order valence-corrected chi connectivity index (χ3v) is 4.51. The molecular weight excluding hydrogens is 273 g/mol. The van der Waals surface area contributed by atoms with Crippen molar-refractivity contribution in [2.75, 3.05) is 19.8 Å². The molecule has 0 saturated carbocycles. The summed E-state index contributed by atoms with van der Waals surface area (Å²) in [5.74, 6) is -0.457. The number of sulfonamides is 1. The van der Waals surface area contributed by atoms with Gasteiger partial charge < -0.3 is 9.84 Å². The number of rotatable bonds is 4. The van der Waals surface area contributed by atoms with Crippen LogP contribution in [0.1, 0.15) is 12.0 Å². The highest BCUT2D eigenvalue weighted by Gasteiger charge is 2.33. The minimum atomic E-state index is -3.76. The van der Waals surface area contributed by atoms with Crippen molar-refractivity contribution in [1.29, 1.82) is 0 Å². The normalized spacial score (nSPS) is 23.7. The molecule has 1 fully saturated rings. The first-order valence-corrected chi connectivity index (χ1v) is 7.37. The molecule has 0 amide bonds. The highest BCUT2D eigenvalue weighted by atomic mass is 32.2. The third kappa shape index (κ3) is 3.30. The zero-order chi connectivity index (χ0) is 14.1. The molecule has 1 unspecified atom stereocenters. The Kier molecular flexibility index (Phi) is 3.91. The smallest absolute Gasteiger partial charge is 0.240 e. The first kappa shape index (κ1) is 14.4. The van der Waals surface area contributed by atoms with Crippen molar-refractivity contribution in [2.24, 2.45) is 0 Å². The highest BCUT2D eigenvalue weighted by molar-refractivity contribution is 7.89. The Morgan fingerprint density at radius 2 is 2.26 bits per heavy atom. The first-order valence-electron chi connectivity index (χ1n) is 5.88. The zero-order valence-corrected chi connectivity index (χ0v) is 11.3. The molecule has 1 aliphatic heterocycles. The molecular formula is C12H16FNO4S. The lowest BCUT2D eigenvalue weighted by Crippen LogP contribution is -2.43. The largest absolute Gasteiger partial charge is 0.386 e. The SMILES string of the molecule is Cc1cc(S(=O)(=O)NCC2(O)CCOC2)ccc1F. The Morgan fingerprint density at radius 3 is 2.84 bits per heavy atom. The number of halogens is 1. The van der Waals surface area contributed by atoms with E-state index < -0.39 is 21.4 Å². The summed E-state index contributed by atoms with van der Waals surface area (Å²) in [6.45, 7) is 1.89. The van der Waals surface area contributed by atoms with Gasteiger partial charge in [-0.05, 0) is 30.7 Å². The van der Waals surface area contributed by atoms with Gasteiger partial charge in [0.1, 0.15) is 11.4 Å². The fourth-order valence-electron chi connectivity index (χ4n) is 1.83. The summed E-state index contributed by atoms with van der Waals surface area (Å²) in [7, 11) is -3.76. The summed E-state index contributed by atoms with van der Waals surface area (Å²) in [6, 6.07) is 3.56. The van der Waals surface area contributed by atoms with Crippen LogP contribution in [-0.4, -0.2) is 38.9 Å². The van der Waals surface area contributed by atoms with Gasteiger partial charge in [0.2, 0.25) is 10.0 Å². The van der Waals surface area contributed by atoms with Crippen LogP contribution in [0.15, 0.2) is 23.1 Å². The quantitative estimate of drug-likeness (QED) is 0.849. The van der Waals surface area contributed by atoms with Gasteiger partial charge in [-0.25, -0.2) is 17.5 Å². The first-order chi connectivity index (χ1) is 8.82. The Balaban J connectivity index is 2.11. The minimum Gasteiger partial charge on any atom is -0.386 e. The second-order valence-corrected chi connectivity index (χ2v) is 6.53. The van der Waals surface area contributed by atoms with Gasteiger partial charge in [0.15, 0.2) is 0 Å². The van der Waals surface area contributed by atoms with Crippen LogP contribution in [0.25, 0.3) is 0 Å². The van der Waals surface area contributed by atoms with E-state index in [0.29, 0.717) is 13.0 Å². The predicted octanol–water partition coefficient (Wildman–Crippen LogP) is 0.564. The molecule has 1 atom stereocenters. The van der Waals surface area contributed by atoms with Crippen LogP contribution < -0.4 is 4.72 Å². The van der Waals surface area contributed by atoms with Crippen molar-refractivity contribution in [2.45, 2.75) is 23.8 Å². The molecule has 7 heteroatoms. The van der Waals surface area contributed by atoms with Crippen LogP contribution in [0, 0.1) is 12.7 Å². The lowest BCUT2D eigenvalue weighted by atomic mass is 10.1. The lowest BCUT2D eigenvalue weighted by Gasteiger charge is -2.20. The Morgan fingerprint density at radius 1 is 1.53 bits per heavy atom. The molecule has 1 saturated heterocycles. The molecule has 0 spiro atoms. The van der Waals surface area contributed by atoms with Gasteiger partial charge in [0, 0.05) is 19.6 Å².